The number of nitrogens with zero attached hydrogens (tertiary/aromatic N) is 2. The SMILES string of the molecule is Cc1n[nH]c(C)c1S(=O)(=O)N(C)CC(=O)Nc1ccc(F)c(Cl)c1. The Morgan fingerprint density at radius 3 is 2.62 bits per heavy atom. The fourth-order valence-corrected chi connectivity index (χ4v) is 3.77. The number of sulfonamides is 1. The minimum Gasteiger partial charge on any atom is -0.325 e. The van der Waals surface area contributed by atoms with Gasteiger partial charge in [0.15, 0.2) is 0 Å². The van der Waals surface area contributed by atoms with E-state index in [0.29, 0.717) is 11.4 Å². The number of rotatable bonds is 5. The average Bonchev–Trinajstić information content (AvgIpc) is 2.82. The van der Waals surface area contributed by atoms with Gasteiger partial charge in [0.1, 0.15) is 10.7 Å². The van der Waals surface area contributed by atoms with Crippen LogP contribution in [-0.2, 0) is 14.8 Å². The molecule has 0 aliphatic heterocycles. The fourth-order valence-electron chi connectivity index (χ4n) is 2.14. The normalized spacial score (nSPS) is 11.8. The zero-order valence-corrected chi connectivity index (χ0v) is 14.8. The van der Waals surface area contributed by atoms with Crippen LogP contribution in [0.1, 0.15) is 11.4 Å². The number of anilines is 1. The van der Waals surface area contributed by atoms with Crippen LogP contribution in [0.15, 0.2) is 23.1 Å². The van der Waals surface area contributed by atoms with E-state index in [2.05, 4.69) is 15.5 Å². The predicted molar refractivity (Wildman–Crippen MR) is 87.9 cm³/mol. The van der Waals surface area contributed by atoms with E-state index in [4.69, 9.17) is 11.6 Å². The summed E-state index contributed by atoms with van der Waals surface area (Å²) in [7, 11) is -2.58. The molecule has 2 rings (SSSR count). The number of nitrogens with one attached hydrogen (secondary N) is 2. The van der Waals surface area contributed by atoms with Gasteiger partial charge in [-0.3, -0.25) is 9.89 Å². The smallest absolute Gasteiger partial charge is 0.246 e. The van der Waals surface area contributed by atoms with Crippen LogP contribution in [0.25, 0.3) is 0 Å². The highest BCUT2D eigenvalue weighted by Crippen LogP contribution is 2.21. The Morgan fingerprint density at radius 2 is 2.08 bits per heavy atom. The molecule has 0 aliphatic carbocycles. The summed E-state index contributed by atoms with van der Waals surface area (Å²) in [4.78, 5) is 12.1. The average molecular weight is 375 g/mol. The number of aryl methyl sites for hydroxylation is 2. The van der Waals surface area contributed by atoms with Crippen LogP contribution in [0.5, 0.6) is 0 Å². The maximum absolute atomic E-state index is 13.1. The molecule has 0 saturated heterocycles. The van der Waals surface area contributed by atoms with Crippen molar-refractivity contribution in [2.75, 3.05) is 18.9 Å². The third kappa shape index (κ3) is 3.74. The highest BCUT2D eigenvalue weighted by Gasteiger charge is 2.28. The number of benzene rings is 1. The van der Waals surface area contributed by atoms with Gasteiger partial charge in [0.2, 0.25) is 15.9 Å². The van der Waals surface area contributed by atoms with Gasteiger partial charge in [-0.2, -0.15) is 9.40 Å². The number of carbonyl (C=O) groups is 1. The van der Waals surface area contributed by atoms with Crippen molar-refractivity contribution >= 4 is 33.2 Å². The number of amides is 1. The quantitative estimate of drug-likeness (QED) is 0.837. The number of likely N-dealkylation sites (N-methyl/N-ethyl adjacent to an activating group) is 1. The number of carbonyl (C=O) groups excluding carboxylic acids is 1. The molecule has 0 unspecified atom stereocenters. The molecule has 2 N–H and O–H groups in total. The van der Waals surface area contributed by atoms with Gasteiger partial charge in [0, 0.05) is 12.7 Å². The maximum Gasteiger partial charge on any atom is 0.246 e. The first-order valence-electron chi connectivity index (χ1n) is 6.85. The zero-order chi connectivity index (χ0) is 18.1. The van der Waals surface area contributed by atoms with Crippen molar-refractivity contribution in [1.82, 2.24) is 14.5 Å². The van der Waals surface area contributed by atoms with Crippen LogP contribution in [0, 0.1) is 19.7 Å². The molecule has 0 fully saturated rings. The zero-order valence-electron chi connectivity index (χ0n) is 13.2. The highest BCUT2D eigenvalue weighted by molar-refractivity contribution is 7.89. The van der Waals surface area contributed by atoms with Crippen LogP contribution in [-0.4, -0.2) is 42.4 Å². The van der Waals surface area contributed by atoms with Crippen molar-refractivity contribution in [2.24, 2.45) is 0 Å². The van der Waals surface area contributed by atoms with Gasteiger partial charge in [0.05, 0.1) is 23.0 Å². The molecule has 24 heavy (non-hydrogen) atoms. The third-order valence-electron chi connectivity index (χ3n) is 3.30. The molecule has 0 bridgehead atoms. The summed E-state index contributed by atoms with van der Waals surface area (Å²) < 4.78 is 39.1. The summed E-state index contributed by atoms with van der Waals surface area (Å²) in [5.74, 6) is -1.19. The lowest BCUT2D eigenvalue weighted by molar-refractivity contribution is -0.116. The Balaban J connectivity index is 2.12. The molecule has 7 nitrogen and oxygen atoms in total. The largest absolute Gasteiger partial charge is 0.325 e. The van der Waals surface area contributed by atoms with Gasteiger partial charge < -0.3 is 5.32 Å². The van der Waals surface area contributed by atoms with Crippen molar-refractivity contribution in [3.8, 4) is 0 Å². The Kier molecular flexibility index (Phi) is 5.26. The lowest BCUT2D eigenvalue weighted by Crippen LogP contribution is -2.35. The van der Waals surface area contributed by atoms with E-state index in [1.54, 1.807) is 13.8 Å². The predicted octanol–water partition coefficient (Wildman–Crippen LogP) is 2.08. The number of aromatic amines is 1. The van der Waals surface area contributed by atoms with Crippen LogP contribution in [0.4, 0.5) is 10.1 Å². The summed E-state index contributed by atoms with van der Waals surface area (Å²) >= 11 is 5.63. The Morgan fingerprint density at radius 1 is 1.42 bits per heavy atom. The van der Waals surface area contributed by atoms with Gasteiger partial charge in [-0.25, -0.2) is 12.8 Å². The minimum atomic E-state index is -3.87. The van der Waals surface area contributed by atoms with E-state index in [1.807, 2.05) is 0 Å². The fraction of sp³-hybridized carbons (Fsp3) is 0.286. The topological polar surface area (TPSA) is 95.2 Å². The summed E-state index contributed by atoms with van der Waals surface area (Å²) in [6, 6.07) is 3.68. The van der Waals surface area contributed by atoms with Crippen LogP contribution in [0.2, 0.25) is 5.02 Å². The number of hydrogen-bond donors (Lipinski definition) is 2. The van der Waals surface area contributed by atoms with Crippen LogP contribution in [0.3, 0.4) is 0 Å². The van der Waals surface area contributed by atoms with Gasteiger partial charge >= 0.3 is 0 Å². The highest BCUT2D eigenvalue weighted by atomic mass is 35.5. The first-order valence-corrected chi connectivity index (χ1v) is 8.67. The molecule has 10 heteroatoms. The third-order valence-corrected chi connectivity index (χ3v) is 5.66. The van der Waals surface area contributed by atoms with Crippen LogP contribution >= 0.6 is 11.6 Å². The van der Waals surface area contributed by atoms with Crippen molar-refractivity contribution in [3.63, 3.8) is 0 Å². The summed E-state index contributed by atoms with van der Waals surface area (Å²) in [5, 5.41) is 8.77. The lowest BCUT2D eigenvalue weighted by Gasteiger charge is -2.17. The van der Waals surface area contributed by atoms with E-state index < -0.39 is 28.3 Å². The van der Waals surface area contributed by atoms with E-state index in [-0.39, 0.29) is 15.6 Å². The second kappa shape index (κ2) is 6.88. The molecule has 0 radical (unpaired) electrons. The summed E-state index contributed by atoms with van der Waals surface area (Å²) in [5.41, 5.74) is 0.989. The minimum absolute atomic E-state index is 0.0441. The number of H-pyrrole nitrogens is 1. The summed E-state index contributed by atoms with van der Waals surface area (Å²) in [6.07, 6.45) is 0. The Labute approximate surface area is 143 Å². The van der Waals surface area contributed by atoms with Crippen molar-refractivity contribution < 1.29 is 17.6 Å². The summed E-state index contributed by atoms with van der Waals surface area (Å²) in [6.45, 7) is 2.73. The van der Waals surface area contributed by atoms with Crippen molar-refractivity contribution in [3.05, 3.63) is 40.4 Å². The number of halogens is 2. The molecule has 0 aliphatic rings. The first-order chi connectivity index (χ1) is 11.1. The second-order valence-corrected chi connectivity index (χ2v) is 7.59. The standard InChI is InChI=1S/C14H16ClFN4O3S/c1-8-14(9(2)19-18-8)24(22,23)20(3)7-13(21)17-10-4-5-12(16)11(15)6-10/h4-6H,7H2,1-3H3,(H,17,21)(H,18,19). The van der Waals surface area contributed by atoms with E-state index in [0.717, 1.165) is 10.4 Å². The molecular weight excluding hydrogens is 359 g/mol. The number of aromatic nitrogens is 2. The van der Waals surface area contributed by atoms with Crippen molar-refractivity contribution in [2.45, 2.75) is 18.7 Å². The van der Waals surface area contributed by atoms with E-state index in [9.17, 15) is 17.6 Å². The van der Waals surface area contributed by atoms with E-state index >= 15 is 0 Å². The molecule has 0 spiro atoms. The Bertz CT molecular complexity index is 863. The maximum atomic E-state index is 13.1. The second-order valence-electron chi connectivity index (χ2n) is 5.20. The van der Waals surface area contributed by atoms with Crippen LogP contribution < -0.4 is 5.32 Å². The molecule has 1 amide bonds. The molecule has 0 atom stereocenters. The Hall–Kier alpha value is -1.97. The molecule has 1 heterocycles. The molecular formula is C14H16ClFN4O3S. The number of hydrogen-bond acceptors (Lipinski definition) is 4. The van der Waals surface area contributed by atoms with Crippen molar-refractivity contribution in [1.29, 1.82) is 0 Å². The van der Waals surface area contributed by atoms with E-state index in [1.165, 1.54) is 19.2 Å². The molecule has 1 aromatic heterocycles. The molecule has 130 valence electrons. The molecule has 0 saturated carbocycles. The van der Waals surface area contributed by atoms with Gasteiger partial charge in [-0.15, -0.1) is 0 Å². The van der Waals surface area contributed by atoms with Gasteiger partial charge in [-0.1, -0.05) is 11.6 Å². The first kappa shape index (κ1) is 18.4. The monoisotopic (exact) mass is 374 g/mol. The van der Waals surface area contributed by atoms with Gasteiger partial charge in [-0.05, 0) is 32.0 Å². The molecule has 1 aromatic carbocycles. The lowest BCUT2D eigenvalue weighted by atomic mass is 10.3. The van der Waals surface area contributed by atoms with Gasteiger partial charge in [0.25, 0.3) is 0 Å². The molecule has 2 aromatic rings.